The minimum atomic E-state index is -0.234. The number of anilines is 2. The fraction of sp³-hybridized carbons (Fsp3) is 0.421. The first-order valence-electron chi connectivity index (χ1n) is 8.67. The Hall–Kier alpha value is -3.03. The van der Waals surface area contributed by atoms with E-state index in [0.29, 0.717) is 41.2 Å². The predicted molar refractivity (Wildman–Crippen MR) is 103 cm³/mol. The number of ether oxygens (including phenoxy) is 3. The van der Waals surface area contributed by atoms with Gasteiger partial charge in [-0.2, -0.15) is 0 Å². The van der Waals surface area contributed by atoms with Crippen LogP contribution in [-0.2, 0) is 0 Å². The predicted octanol–water partition coefficient (Wildman–Crippen LogP) is 3.02. The van der Waals surface area contributed by atoms with Crippen LogP contribution in [0.5, 0.6) is 17.2 Å². The molecule has 8 nitrogen and oxygen atoms in total. The molecule has 1 aromatic carbocycles. The number of carbonyl (C=O) groups is 1. The molecule has 0 saturated heterocycles. The molecule has 1 amide bonds. The van der Waals surface area contributed by atoms with Crippen molar-refractivity contribution in [1.29, 1.82) is 0 Å². The zero-order chi connectivity index (χ0) is 19.8. The fourth-order valence-electron chi connectivity index (χ4n) is 2.39. The van der Waals surface area contributed by atoms with Gasteiger partial charge in [0.05, 0.1) is 21.3 Å². The summed E-state index contributed by atoms with van der Waals surface area (Å²) in [5.41, 5.74) is 0.960. The molecule has 2 N–H and O–H groups in total. The lowest BCUT2D eigenvalue weighted by molar-refractivity contribution is 0.0946. The number of hydrogen-bond acceptors (Lipinski definition) is 7. The first-order valence-corrected chi connectivity index (χ1v) is 8.67. The van der Waals surface area contributed by atoms with Gasteiger partial charge in [-0.3, -0.25) is 4.79 Å². The summed E-state index contributed by atoms with van der Waals surface area (Å²) < 4.78 is 16.0. The number of hydrogen-bond donors (Lipinski definition) is 2. The van der Waals surface area contributed by atoms with Crippen LogP contribution in [0.3, 0.4) is 0 Å². The smallest absolute Gasteiger partial charge is 0.271 e. The van der Waals surface area contributed by atoms with E-state index in [2.05, 4.69) is 34.7 Å². The van der Waals surface area contributed by atoms with Crippen molar-refractivity contribution in [1.82, 2.24) is 15.5 Å². The fourth-order valence-corrected chi connectivity index (χ4v) is 2.39. The number of nitrogens with zero attached hydrogens (tertiary/aromatic N) is 2. The zero-order valence-electron chi connectivity index (χ0n) is 16.3. The Labute approximate surface area is 159 Å². The molecule has 0 saturated carbocycles. The summed E-state index contributed by atoms with van der Waals surface area (Å²) >= 11 is 0. The third-order valence-corrected chi connectivity index (χ3v) is 3.84. The highest BCUT2D eigenvalue weighted by Gasteiger charge is 2.14. The minimum absolute atomic E-state index is 0.234. The molecule has 2 aromatic rings. The van der Waals surface area contributed by atoms with Crippen LogP contribution in [0.4, 0.5) is 11.5 Å². The average molecular weight is 374 g/mol. The molecule has 0 unspecified atom stereocenters. The van der Waals surface area contributed by atoms with Crippen molar-refractivity contribution in [2.45, 2.75) is 20.3 Å². The van der Waals surface area contributed by atoms with Crippen LogP contribution in [0.25, 0.3) is 0 Å². The summed E-state index contributed by atoms with van der Waals surface area (Å²) in [6.45, 7) is 4.83. The van der Waals surface area contributed by atoms with Crippen molar-refractivity contribution >= 4 is 17.4 Å². The second-order valence-electron chi connectivity index (χ2n) is 6.28. The second kappa shape index (κ2) is 9.61. The Morgan fingerprint density at radius 1 is 1.04 bits per heavy atom. The summed E-state index contributed by atoms with van der Waals surface area (Å²) in [6.07, 6.45) is 0.917. The topological polar surface area (TPSA) is 94.6 Å². The highest BCUT2D eigenvalue weighted by molar-refractivity contribution is 5.92. The van der Waals surface area contributed by atoms with Crippen LogP contribution in [0, 0.1) is 5.92 Å². The molecule has 8 heteroatoms. The lowest BCUT2D eigenvalue weighted by atomic mass is 10.1. The van der Waals surface area contributed by atoms with E-state index >= 15 is 0 Å². The van der Waals surface area contributed by atoms with Gasteiger partial charge in [-0.15, -0.1) is 10.2 Å². The van der Waals surface area contributed by atoms with E-state index in [4.69, 9.17) is 14.2 Å². The van der Waals surface area contributed by atoms with Gasteiger partial charge in [-0.1, -0.05) is 13.8 Å². The quantitative estimate of drug-likeness (QED) is 0.697. The molecule has 0 radical (unpaired) electrons. The number of rotatable bonds is 9. The maximum Gasteiger partial charge on any atom is 0.271 e. The first-order chi connectivity index (χ1) is 13.0. The summed E-state index contributed by atoms with van der Waals surface area (Å²) in [7, 11) is 4.64. The standard InChI is InChI=1S/C19H26N4O4/c1-12(2)8-9-20-19(24)14-6-7-17(23-22-14)21-13-10-15(25-3)18(27-5)16(11-13)26-4/h6-7,10-12H,8-9H2,1-5H3,(H,20,24)(H,21,23). The highest BCUT2D eigenvalue weighted by atomic mass is 16.5. The lowest BCUT2D eigenvalue weighted by Gasteiger charge is -2.14. The summed E-state index contributed by atoms with van der Waals surface area (Å²) in [6, 6.07) is 6.83. The van der Waals surface area contributed by atoms with E-state index in [-0.39, 0.29) is 11.6 Å². The van der Waals surface area contributed by atoms with Gasteiger partial charge in [0.25, 0.3) is 5.91 Å². The van der Waals surface area contributed by atoms with Gasteiger partial charge in [0, 0.05) is 24.4 Å². The number of aromatic nitrogens is 2. The Bertz CT molecular complexity index is 738. The number of benzene rings is 1. The van der Waals surface area contributed by atoms with Crippen LogP contribution in [0.15, 0.2) is 24.3 Å². The lowest BCUT2D eigenvalue weighted by Crippen LogP contribution is -2.26. The van der Waals surface area contributed by atoms with Crippen molar-refractivity contribution in [2.24, 2.45) is 5.92 Å². The zero-order valence-corrected chi connectivity index (χ0v) is 16.3. The first kappa shape index (κ1) is 20.3. The monoisotopic (exact) mass is 374 g/mol. The Kier molecular flexibility index (Phi) is 7.22. The summed E-state index contributed by atoms with van der Waals surface area (Å²) in [4.78, 5) is 12.1. The molecule has 0 aliphatic rings. The number of amides is 1. The Morgan fingerprint density at radius 2 is 1.70 bits per heavy atom. The Balaban J connectivity index is 2.09. The van der Waals surface area contributed by atoms with E-state index in [1.54, 1.807) is 45.6 Å². The molecular formula is C19H26N4O4. The molecule has 0 fully saturated rings. The third kappa shape index (κ3) is 5.47. The average Bonchev–Trinajstić information content (AvgIpc) is 2.67. The van der Waals surface area contributed by atoms with Crippen molar-refractivity contribution in [3.63, 3.8) is 0 Å². The van der Waals surface area contributed by atoms with Gasteiger partial charge in [-0.25, -0.2) is 0 Å². The molecular weight excluding hydrogens is 348 g/mol. The number of carbonyl (C=O) groups excluding carboxylic acids is 1. The molecule has 1 aromatic heterocycles. The molecule has 0 aliphatic heterocycles. The van der Waals surface area contributed by atoms with Crippen molar-refractivity contribution < 1.29 is 19.0 Å². The highest BCUT2D eigenvalue weighted by Crippen LogP contribution is 2.40. The van der Waals surface area contributed by atoms with Crippen LogP contribution in [-0.4, -0.2) is 44.0 Å². The number of nitrogens with one attached hydrogen (secondary N) is 2. The van der Waals surface area contributed by atoms with Gasteiger partial charge in [0.2, 0.25) is 5.75 Å². The van der Waals surface area contributed by atoms with E-state index in [1.165, 1.54) is 0 Å². The molecule has 146 valence electrons. The van der Waals surface area contributed by atoms with E-state index in [1.807, 2.05) is 0 Å². The molecule has 1 heterocycles. The normalized spacial score (nSPS) is 10.4. The third-order valence-electron chi connectivity index (χ3n) is 3.84. The van der Waals surface area contributed by atoms with Crippen LogP contribution >= 0.6 is 0 Å². The van der Waals surface area contributed by atoms with E-state index in [9.17, 15) is 4.79 Å². The largest absolute Gasteiger partial charge is 0.493 e. The molecule has 2 rings (SSSR count). The van der Waals surface area contributed by atoms with Gasteiger partial charge in [0.1, 0.15) is 0 Å². The van der Waals surface area contributed by atoms with Crippen LogP contribution < -0.4 is 24.8 Å². The van der Waals surface area contributed by atoms with Gasteiger partial charge in [-0.05, 0) is 24.5 Å². The van der Waals surface area contributed by atoms with Gasteiger partial charge >= 0.3 is 0 Å². The molecule has 0 bridgehead atoms. The molecule has 27 heavy (non-hydrogen) atoms. The van der Waals surface area contributed by atoms with Gasteiger partial charge in [0.15, 0.2) is 23.0 Å². The SMILES string of the molecule is COc1cc(Nc2ccc(C(=O)NCCC(C)C)nn2)cc(OC)c1OC. The Morgan fingerprint density at radius 3 is 2.19 bits per heavy atom. The van der Waals surface area contributed by atoms with Crippen molar-refractivity contribution in [3.05, 3.63) is 30.0 Å². The second-order valence-corrected chi connectivity index (χ2v) is 6.28. The van der Waals surface area contributed by atoms with Crippen molar-refractivity contribution in [3.8, 4) is 17.2 Å². The molecule has 0 atom stereocenters. The van der Waals surface area contributed by atoms with Crippen LogP contribution in [0.1, 0.15) is 30.8 Å². The molecule has 0 aliphatic carbocycles. The van der Waals surface area contributed by atoms with Crippen LogP contribution in [0.2, 0.25) is 0 Å². The maximum atomic E-state index is 12.1. The number of methoxy groups -OCH3 is 3. The van der Waals surface area contributed by atoms with Gasteiger partial charge < -0.3 is 24.8 Å². The molecule has 0 spiro atoms. The van der Waals surface area contributed by atoms with E-state index < -0.39 is 0 Å². The summed E-state index contributed by atoms with van der Waals surface area (Å²) in [5, 5.41) is 14.0. The minimum Gasteiger partial charge on any atom is -0.493 e. The van der Waals surface area contributed by atoms with E-state index in [0.717, 1.165) is 6.42 Å². The summed E-state index contributed by atoms with van der Waals surface area (Å²) in [5.74, 6) is 2.33. The maximum absolute atomic E-state index is 12.1. The van der Waals surface area contributed by atoms with Crippen molar-refractivity contribution in [2.75, 3.05) is 33.2 Å².